The van der Waals surface area contributed by atoms with Gasteiger partial charge in [-0.15, -0.1) is 0 Å². The number of hydrogen-bond donors (Lipinski definition) is 8. The maximum Gasteiger partial charge on any atom is 0.205 e. The van der Waals surface area contributed by atoms with E-state index in [2.05, 4.69) is 21.7 Å². The Balaban J connectivity index is 2.23. The first-order chi connectivity index (χ1) is 10.9. The number of allylic oxidation sites excluding steroid dienone is 2. The predicted molar refractivity (Wildman–Crippen MR) is 87.4 cm³/mol. The lowest BCUT2D eigenvalue weighted by Crippen LogP contribution is -2.61. The molecule has 0 heterocycles. The molecular weight excluding hydrogens is 320 g/mol. The summed E-state index contributed by atoms with van der Waals surface area (Å²) in [6.07, 6.45) is 9.71. The maximum atomic E-state index is 12.7. The highest BCUT2D eigenvalue weighted by Gasteiger charge is 2.32. The van der Waals surface area contributed by atoms with Crippen LogP contribution in [0.2, 0.25) is 0 Å². The van der Waals surface area contributed by atoms with Crippen molar-refractivity contribution in [1.29, 1.82) is 0 Å². The van der Waals surface area contributed by atoms with Crippen LogP contribution in [0.4, 0.5) is 0 Å². The van der Waals surface area contributed by atoms with Crippen LogP contribution in [0.1, 0.15) is 12.8 Å². The number of nitrogens with one attached hydrogen (secondary N) is 4. The van der Waals surface area contributed by atoms with Gasteiger partial charge in [0, 0.05) is 12.8 Å². The van der Waals surface area contributed by atoms with E-state index in [0.29, 0.717) is 0 Å². The molecule has 0 unspecified atom stereocenters. The number of sulfone groups is 1. The van der Waals surface area contributed by atoms with Gasteiger partial charge in [-0.05, 0) is 24.3 Å². The van der Waals surface area contributed by atoms with Gasteiger partial charge in [-0.1, -0.05) is 12.2 Å². The fourth-order valence-electron chi connectivity index (χ4n) is 2.29. The van der Waals surface area contributed by atoms with Crippen LogP contribution in [0.5, 0.6) is 0 Å². The highest BCUT2D eigenvalue weighted by Crippen LogP contribution is 2.29. The average molecular weight is 342 g/mol. The molecule has 0 aromatic carbocycles. The van der Waals surface area contributed by atoms with Gasteiger partial charge < -0.3 is 0 Å². The monoisotopic (exact) mass is 342 g/mol. The molecule has 0 saturated carbocycles. The van der Waals surface area contributed by atoms with E-state index < -0.39 is 21.2 Å². The van der Waals surface area contributed by atoms with Crippen molar-refractivity contribution in [3.63, 3.8) is 0 Å². The Morgan fingerprint density at radius 1 is 0.783 bits per heavy atom. The topological polar surface area (TPSA) is 186 Å². The molecule has 0 aromatic heterocycles. The summed E-state index contributed by atoms with van der Waals surface area (Å²) in [5, 5.41) is 0. The molecule has 0 spiro atoms. The lowest BCUT2D eigenvalue weighted by atomic mass is 10.0. The molecule has 2 aliphatic carbocycles. The van der Waals surface area contributed by atoms with E-state index in [-0.39, 0.29) is 22.7 Å². The fourth-order valence-corrected chi connectivity index (χ4v) is 3.66. The smallest absolute Gasteiger partial charge is 0.205 e. The standard InChI is InChI=1S/C12H22N8O2S/c13-17-11(18-14)5-1-9(2-6-11)23(21,22)10-3-7-12(19-15,20-16)8-4-10/h1-5,7,17-20H,6,8,13-16H2. The summed E-state index contributed by atoms with van der Waals surface area (Å²) in [6, 6.07) is 0. The van der Waals surface area contributed by atoms with Gasteiger partial charge in [0.2, 0.25) is 9.84 Å². The molecule has 2 rings (SSSR count). The maximum absolute atomic E-state index is 12.7. The molecule has 0 fully saturated rings. The quantitative estimate of drug-likeness (QED) is 0.144. The molecule has 0 saturated heterocycles. The molecule has 11 heteroatoms. The van der Waals surface area contributed by atoms with E-state index in [1.807, 2.05) is 0 Å². The lowest BCUT2D eigenvalue weighted by molar-refractivity contribution is 0.334. The summed E-state index contributed by atoms with van der Waals surface area (Å²) in [5.74, 6) is 21.7. The second kappa shape index (κ2) is 6.60. The van der Waals surface area contributed by atoms with Crippen LogP contribution < -0.4 is 45.1 Å². The van der Waals surface area contributed by atoms with Crippen LogP contribution in [0.3, 0.4) is 0 Å². The van der Waals surface area contributed by atoms with E-state index in [4.69, 9.17) is 23.4 Å². The second-order valence-corrected chi connectivity index (χ2v) is 7.26. The van der Waals surface area contributed by atoms with Crippen LogP contribution in [-0.2, 0) is 9.84 Å². The largest absolute Gasteiger partial charge is 0.269 e. The first kappa shape index (κ1) is 17.9. The van der Waals surface area contributed by atoms with Gasteiger partial charge in [-0.25, -0.2) is 30.1 Å². The molecule has 128 valence electrons. The minimum atomic E-state index is -3.64. The second-order valence-electron chi connectivity index (χ2n) is 5.31. The van der Waals surface area contributed by atoms with Crippen LogP contribution in [0, 0.1) is 0 Å². The Hall–Kier alpha value is -1.41. The van der Waals surface area contributed by atoms with Crippen molar-refractivity contribution in [2.45, 2.75) is 24.2 Å². The van der Waals surface area contributed by atoms with E-state index in [9.17, 15) is 8.42 Å². The normalized spacial score (nSPS) is 22.6. The van der Waals surface area contributed by atoms with Crippen LogP contribution >= 0.6 is 0 Å². The van der Waals surface area contributed by atoms with Gasteiger partial charge >= 0.3 is 0 Å². The van der Waals surface area contributed by atoms with Crippen LogP contribution in [0.25, 0.3) is 0 Å². The third-order valence-electron chi connectivity index (χ3n) is 3.97. The SMILES string of the molecule is NNC1(NN)C=CC(S(=O)(=O)C2=CCC(NN)(NN)C=C2)=CC1. The molecule has 0 atom stereocenters. The van der Waals surface area contributed by atoms with Crippen LogP contribution in [0.15, 0.2) is 46.3 Å². The zero-order valence-electron chi connectivity index (χ0n) is 12.4. The molecule has 23 heavy (non-hydrogen) atoms. The van der Waals surface area contributed by atoms with Crippen molar-refractivity contribution in [2.75, 3.05) is 0 Å². The summed E-state index contributed by atoms with van der Waals surface area (Å²) in [5.41, 5.74) is 8.31. The fraction of sp³-hybridized carbons (Fsp3) is 0.333. The molecule has 0 amide bonds. The van der Waals surface area contributed by atoms with Crippen molar-refractivity contribution in [3.8, 4) is 0 Å². The molecule has 0 radical (unpaired) electrons. The summed E-state index contributed by atoms with van der Waals surface area (Å²) < 4.78 is 25.3. The van der Waals surface area contributed by atoms with E-state index in [1.54, 1.807) is 24.3 Å². The van der Waals surface area contributed by atoms with Gasteiger partial charge in [0.05, 0.1) is 9.81 Å². The first-order valence-corrected chi connectivity index (χ1v) is 8.30. The summed E-state index contributed by atoms with van der Waals surface area (Å²) in [4.78, 5) is 0.340. The third-order valence-corrected chi connectivity index (χ3v) is 5.81. The van der Waals surface area contributed by atoms with E-state index in [0.717, 1.165) is 0 Å². The molecular formula is C12H22N8O2S. The number of nitrogens with two attached hydrogens (primary N) is 4. The Kier molecular flexibility index (Phi) is 5.15. The molecule has 0 aromatic rings. The van der Waals surface area contributed by atoms with Gasteiger partial charge in [-0.3, -0.25) is 23.4 Å². The molecule has 2 aliphatic rings. The van der Waals surface area contributed by atoms with Gasteiger partial charge in [0.1, 0.15) is 11.3 Å². The minimum absolute atomic E-state index is 0.170. The molecule has 0 aliphatic heterocycles. The lowest BCUT2D eigenvalue weighted by Gasteiger charge is -2.32. The Morgan fingerprint density at radius 3 is 1.35 bits per heavy atom. The van der Waals surface area contributed by atoms with Crippen LogP contribution in [-0.4, -0.2) is 19.7 Å². The Morgan fingerprint density at radius 2 is 1.13 bits per heavy atom. The minimum Gasteiger partial charge on any atom is -0.269 e. The van der Waals surface area contributed by atoms with Crippen molar-refractivity contribution >= 4 is 9.84 Å². The third kappa shape index (κ3) is 3.28. The molecule has 12 N–H and O–H groups in total. The number of hydrogen-bond acceptors (Lipinski definition) is 10. The number of hydrazine groups is 4. The van der Waals surface area contributed by atoms with E-state index in [1.165, 1.54) is 12.2 Å². The van der Waals surface area contributed by atoms with Crippen molar-refractivity contribution in [2.24, 2.45) is 23.4 Å². The van der Waals surface area contributed by atoms with Crippen molar-refractivity contribution in [1.82, 2.24) is 21.7 Å². The zero-order chi connectivity index (χ0) is 17.1. The van der Waals surface area contributed by atoms with Gasteiger partial charge in [0.25, 0.3) is 0 Å². The molecule has 10 nitrogen and oxygen atoms in total. The van der Waals surface area contributed by atoms with Gasteiger partial charge in [-0.2, -0.15) is 0 Å². The highest BCUT2D eigenvalue weighted by atomic mass is 32.2. The van der Waals surface area contributed by atoms with E-state index >= 15 is 0 Å². The zero-order valence-corrected chi connectivity index (χ0v) is 13.2. The Labute approximate surface area is 134 Å². The summed E-state index contributed by atoms with van der Waals surface area (Å²) >= 11 is 0. The summed E-state index contributed by atoms with van der Waals surface area (Å²) in [6.45, 7) is 0. The highest BCUT2D eigenvalue weighted by molar-refractivity contribution is 7.99. The van der Waals surface area contributed by atoms with Crippen molar-refractivity contribution in [3.05, 3.63) is 46.3 Å². The molecule has 0 bridgehead atoms. The Bertz CT molecular complexity index is 619. The average Bonchev–Trinajstić information content (AvgIpc) is 2.61. The van der Waals surface area contributed by atoms with Crippen molar-refractivity contribution < 1.29 is 8.42 Å². The number of rotatable bonds is 6. The van der Waals surface area contributed by atoms with Gasteiger partial charge in [0.15, 0.2) is 0 Å². The summed E-state index contributed by atoms with van der Waals surface area (Å²) in [7, 11) is -3.64. The predicted octanol–water partition coefficient (Wildman–Crippen LogP) is -2.67. The first-order valence-electron chi connectivity index (χ1n) is 6.82.